The van der Waals surface area contributed by atoms with Gasteiger partial charge in [0.25, 0.3) is 0 Å². The van der Waals surface area contributed by atoms with E-state index in [-0.39, 0.29) is 0 Å². The highest BCUT2D eigenvalue weighted by Gasteiger charge is 2.26. The van der Waals surface area contributed by atoms with Crippen LogP contribution in [0.5, 0.6) is 0 Å². The molecule has 0 aromatic carbocycles. The average Bonchev–Trinajstić information content (AvgIpc) is 2.33. The van der Waals surface area contributed by atoms with Gasteiger partial charge in [-0.3, -0.25) is 0 Å². The topological polar surface area (TPSA) is 0 Å². The van der Waals surface area contributed by atoms with Crippen LogP contribution in [0.4, 0.5) is 0 Å². The molecule has 1 rings (SSSR count). The summed E-state index contributed by atoms with van der Waals surface area (Å²) in [7, 11) is -0.698. The summed E-state index contributed by atoms with van der Waals surface area (Å²) in [5.74, 6) is 4.81. The van der Waals surface area contributed by atoms with E-state index in [0.29, 0.717) is 0 Å². The van der Waals surface area contributed by atoms with Crippen molar-refractivity contribution in [2.75, 3.05) is 12.8 Å². The molecule has 0 amide bonds. The molecule has 1 aliphatic heterocycles. The quantitative estimate of drug-likeness (QED) is 0.547. The van der Waals surface area contributed by atoms with Gasteiger partial charge in [0.1, 0.15) is 0 Å². The van der Waals surface area contributed by atoms with Gasteiger partial charge in [0, 0.05) is 0 Å². The molecule has 0 saturated heterocycles. The van der Waals surface area contributed by atoms with Crippen LogP contribution in [0.15, 0.2) is 23.8 Å². The Morgan fingerprint density at radius 3 is 2.30 bits per heavy atom. The lowest BCUT2D eigenvalue weighted by Crippen LogP contribution is -1.87. The lowest BCUT2D eigenvalue weighted by Gasteiger charge is -2.09. The van der Waals surface area contributed by atoms with Crippen LogP contribution in [0, 0.1) is 0 Å². The van der Waals surface area contributed by atoms with Crippen molar-refractivity contribution in [3.8, 4) is 0 Å². The number of hydrogen-bond acceptors (Lipinski definition) is 0. The van der Waals surface area contributed by atoms with Crippen molar-refractivity contribution in [3.05, 3.63) is 23.8 Å². The number of hydrogen-bond donors (Lipinski definition) is 0. The largest absolute Gasteiger partial charge is 0.0674 e. The van der Waals surface area contributed by atoms with Crippen molar-refractivity contribution >= 4 is 7.26 Å². The molecule has 0 aromatic rings. The smallest absolute Gasteiger partial charge is 0.0652 e. The summed E-state index contributed by atoms with van der Waals surface area (Å²) in [4.78, 5) is 0. The maximum absolute atomic E-state index is 2.41. The Balaban J connectivity index is 2.38. The van der Waals surface area contributed by atoms with E-state index in [9.17, 15) is 0 Å². The van der Waals surface area contributed by atoms with Crippen LogP contribution in [-0.4, -0.2) is 12.8 Å². The summed E-state index contributed by atoms with van der Waals surface area (Å²) < 4.78 is 0. The Morgan fingerprint density at radius 1 is 1.20 bits per heavy atom. The molecule has 0 bridgehead atoms. The third-order valence-corrected chi connectivity index (χ3v) is 4.94. The third kappa shape index (κ3) is 1.95. The fourth-order valence-corrected chi connectivity index (χ4v) is 3.57. The fraction of sp³-hybridized carbons (Fsp3) is 0.556. The number of unbranched alkanes of at least 4 members (excludes halogenated alkanes) is 1. The second-order valence-corrected chi connectivity index (χ2v) is 6.84. The van der Waals surface area contributed by atoms with E-state index < -0.39 is 7.26 Å². The molecule has 0 nitrogen and oxygen atoms in total. The average molecular weight is 155 g/mol. The van der Waals surface area contributed by atoms with E-state index in [4.69, 9.17) is 0 Å². The molecule has 10 heavy (non-hydrogen) atoms. The van der Waals surface area contributed by atoms with Crippen molar-refractivity contribution in [2.24, 2.45) is 0 Å². The molecule has 0 saturated carbocycles. The molecule has 1 aliphatic rings. The molecular formula is C9H16P+. The molecule has 1 heterocycles. The van der Waals surface area contributed by atoms with Crippen molar-refractivity contribution in [3.63, 3.8) is 0 Å². The maximum atomic E-state index is 2.41. The second kappa shape index (κ2) is 3.34. The molecule has 1 heteroatoms. The second-order valence-electron chi connectivity index (χ2n) is 3.11. The molecule has 0 aliphatic carbocycles. The molecule has 0 fully saturated rings. The van der Waals surface area contributed by atoms with Crippen LogP contribution < -0.4 is 0 Å². The molecule has 0 radical (unpaired) electrons. The monoisotopic (exact) mass is 155 g/mol. The first kappa shape index (κ1) is 8.01. The highest BCUT2D eigenvalue weighted by molar-refractivity contribution is 7.81. The highest BCUT2D eigenvalue weighted by Crippen LogP contribution is 2.61. The normalized spacial score (nSPS) is 20.2. The molecule has 0 aromatic heterocycles. The molecule has 0 unspecified atom stereocenters. The first-order valence-corrected chi connectivity index (χ1v) is 6.55. The lowest BCUT2D eigenvalue weighted by molar-refractivity contribution is 0.891. The highest BCUT2D eigenvalue weighted by atomic mass is 31.2. The standard InChI is InChI=1S/C9H16P/c1-3-4-7-10(2)8-5-6-9-10/h5-6,8-9H,3-4,7H2,1-2H3/q+1. The van der Waals surface area contributed by atoms with Crippen LogP contribution in [0.1, 0.15) is 19.8 Å². The zero-order chi connectivity index (χ0) is 7.45. The van der Waals surface area contributed by atoms with Gasteiger partial charge in [0.15, 0.2) is 0 Å². The van der Waals surface area contributed by atoms with Crippen LogP contribution in [-0.2, 0) is 0 Å². The molecule has 0 spiro atoms. The van der Waals surface area contributed by atoms with E-state index in [1.54, 1.807) is 0 Å². The van der Waals surface area contributed by atoms with Crippen LogP contribution in [0.25, 0.3) is 0 Å². The summed E-state index contributed by atoms with van der Waals surface area (Å²) in [5.41, 5.74) is 0. The molecule has 0 N–H and O–H groups in total. The molecule has 56 valence electrons. The minimum Gasteiger partial charge on any atom is -0.0652 e. The summed E-state index contributed by atoms with van der Waals surface area (Å²) in [6.45, 7) is 4.66. The van der Waals surface area contributed by atoms with Gasteiger partial charge >= 0.3 is 0 Å². The van der Waals surface area contributed by atoms with Crippen molar-refractivity contribution in [1.29, 1.82) is 0 Å². The van der Waals surface area contributed by atoms with Crippen molar-refractivity contribution in [1.82, 2.24) is 0 Å². The van der Waals surface area contributed by atoms with Gasteiger partial charge in [0.05, 0.1) is 31.7 Å². The van der Waals surface area contributed by atoms with Gasteiger partial charge in [0.2, 0.25) is 0 Å². The third-order valence-electron chi connectivity index (χ3n) is 1.96. The van der Waals surface area contributed by atoms with Gasteiger partial charge in [-0.1, -0.05) is 13.3 Å². The van der Waals surface area contributed by atoms with Crippen molar-refractivity contribution < 1.29 is 0 Å². The fourth-order valence-electron chi connectivity index (χ4n) is 1.19. The zero-order valence-electron chi connectivity index (χ0n) is 6.88. The van der Waals surface area contributed by atoms with E-state index in [2.05, 4.69) is 37.4 Å². The van der Waals surface area contributed by atoms with E-state index in [1.807, 2.05) is 0 Å². The predicted molar refractivity (Wildman–Crippen MR) is 50.9 cm³/mol. The van der Waals surface area contributed by atoms with Gasteiger partial charge in [-0.15, -0.1) is 0 Å². The Hall–Kier alpha value is -0.0900. The van der Waals surface area contributed by atoms with E-state index >= 15 is 0 Å². The lowest BCUT2D eigenvalue weighted by atomic mass is 10.4. The van der Waals surface area contributed by atoms with Crippen LogP contribution >= 0.6 is 7.26 Å². The minimum absolute atomic E-state index is 0.698. The Labute approximate surface area is 64.4 Å². The summed E-state index contributed by atoms with van der Waals surface area (Å²) in [6.07, 6.45) is 8.53. The SMILES string of the molecule is CCCC[P+]1(C)C=CC=C1. The summed E-state index contributed by atoms with van der Waals surface area (Å²) >= 11 is 0. The van der Waals surface area contributed by atoms with E-state index in [1.165, 1.54) is 19.0 Å². The number of rotatable bonds is 3. The first-order valence-electron chi connectivity index (χ1n) is 3.99. The molecular weight excluding hydrogens is 139 g/mol. The van der Waals surface area contributed by atoms with Crippen LogP contribution in [0.3, 0.4) is 0 Å². The van der Waals surface area contributed by atoms with Crippen molar-refractivity contribution in [2.45, 2.75) is 19.8 Å². The summed E-state index contributed by atoms with van der Waals surface area (Å²) in [6, 6.07) is 0. The van der Waals surface area contributed by atoms with Crippen LogP contribution in [0.2, 0.25) is 0 Å². The Morgan fingerprint density at radius 2 is 1.80 bits per heavy atom. The van der Waals surface area contributed by atoms with Gasteiger partial charge in [-0.25, -0.2) is 0 Å². The predicted octanol–water partition coefficient (Wildman–Crippen LogP) is 3.47. The zero-order valence-corrected chi connectivity index (χ0v) is 7.77. The van der Waals surface area contributed by atoms with Gasteiger partial charge in [-0.2, -0.15) is 0 Å². The Kier molecular flexibility index (Phi) is 2.68. The maximum Gasteiger partial charge on any atom is 0.0674 e. The Bertz CT molecular complexity index is 144. The molecule has 0 atom stereocenters. The van der Waals surface area contributed by atoms with E-state index in [0.717, 1.165) is 0 Å². The number of allylic oxidation sites excluding steroid dienone is 2. The first-order chi connectivity index (χ1) is 4.77. The van der Waals surface area contributed by atoms with Gasteiger partial charge < -0.3 is 0 Å². The minimum atomic E-state index is -0.698. The summed E-state index contributed by atoms with van der Waals surface area (Å²) in [5, 5.41) is 0. The van der Waals surface area contributed by atoms with Gasteiger partial charge in [-0.05, 0) is 18.6 Å².